The van der Waals surface area contributed by atoms with Gasteiger partial charge in [0.15, 0.2) is 5.78 Å². The zero-order chi connectivity index (χ0) is 19.2. The first-order chi connectivity index (χ1) is 13.0. The maximum atomic E-state index is 12.3. The Morgan fingerprint density at radius 2 is 1.41 bits per heavy atom. The summed E-state index contributed by atoms with van der Waals surface area (Å²) >= 11 is 9.18. The van der Waals surface area contributed by atoms with E-state index in [9.17, 15) is 9.59 Å². The number of amides is 1. The van der Waals surface area contributed by atoms with E-state index in [1.165, 1.54) is 6.08 Å². The standard InChI is InChI=1S/C22H15BrClNO2/c23-18-8-4-17(5-9-18)22(27)25-20-12-6-16(7-13-20)21(26)14-3-15-1-10-19(24)11-2-15/h1-14H,(H,25,27)/b14-3+. The van der Waals surface area contributed by atoms with Crippen molar-refractivity contribution in [3.05, 3.63) is 105 Å². The van der Waals surface area contributed by atoms with Gasteiger partial charge >= 0.3 is 0 Å². The summed E-state index contributed by atoms with van der Waals surface area (Å²) < 4.78 is 0.911. The summed E-state index contributed by atoms with van der Waals surface area (Å²) in [5.74, 6) is -0.319. The highest BCUT2D eigenvalue weighted by molar-refractivity contribution is 9.10. The SMILES string of the molecule is O=C(/C=C/c1ccc(Cl)cc1)c1ccc(NC(=O)c2ccc(Br)cc2)cc1. The Kier molecular flexibility index (Phi) is 6.22. The van der Waals surface area contributed by atoms with Gasteiger partial charge in [0, 0.05) is 26.3 Å². The molecule has 0 aromatic heterocycles. The van der Waals surface area contributed by atoms with Crippen LogP contribution >= 0.6 is 27.5 Å². The van der Waals surface area contributed by atoms with Crippen molar-refractivity contribution in [3.63, 3.8) is 0 Å². The van der Waals surface area contributed by atoms with E-state index in [-0.39, 0.29) is 11.7 Å². The highest BCUT2D eigenvalue weighted by atomic mass is 79.9. The molecule has 0 radical (unpaired) electrons. The van der Waals surface area contributed by atoms with Gasteiger partial charge in [-0.25, -0.2) is 0 Å². The number of allylic oxidation sites excluding steroid dienone is 1. The third-order valence-corrected chi connectivity index (χ3v) is 4.61. The van der Waals surface area contributed by atoms with Crippen LogP contribution in [-0.4, -0.2) is 11.7 Å². The maximum absolute atomic E-state index is 12.3. The fourth-order valence-electron chi connectivity index (χ4n) is 2.36. The largest absolute Gasteiger partial charge is 0.322 e. The van der Waals surface area contributed by atoms with Crippen molar-refractivity contribution in [2.75, 3.05) is 5.32 Å². The number of rotatable bonds is 5. The molecule has 0 saturated carbocycles. The second-order valence-electron chi connectivity index (χ2n) is 5.79. The molecule has 27 heavy (non-hydrogen) atoms. The van der Waals surface area contributed by atoms with Crippen LogP contribution in [0.3, 0.4) is 0 Å². The normalized spacial score (nSPS) is 10.7. The van der Waals surface area contributed by atoms with Crippen molar-refractivity contribution in [1.82, 2.24) is 0 Å². The average Bonchev–Trinajstić information content (AvgIpc) is 2.68. The Balaban J connectivity index is 1.64. The minimum atomic E-state index is -0.204. The predicted octanol–water partition coefficient (Wildman–Crippen LogP) is 6.25. The molecule has 0 bridgehead atoms. The summed E-state index contributed by atoms with van der Waals surface area (Å²) in [5, 5.41) is 3.46. The van der Waals surface area contributed by atoms with E-state index >= 15 is 0 Å². The molecular weight excluding hydrogens is 426 g/mol. The van der Waals surface area contributed by atoms with Gasteiger partial charge in [0.05, 0.1) is 0 Å². The summed E-state index contributed by atoms with van der Waals surface area (Å²) in [6.45, 7) is 0. The lowest BCUT2D eigenvalue weighted by molar-refractivity contribution is 0.102. The molecule has 0 unspecified atom stereocenters. The van der Waals surface area contributed by atoms with E-state index in [2.05, 4.69) is 21.2 Å². The number of hydrogen-bond donors (Lipinski definition) is 1. The van der Waals surface area contributed by atoms with Crippen LogP contribution in [0.15, 0.2) is 83.3 Å². The monoisotopic (exact) mass is 439 g/mol. The van der Waals surface area contributed by atoms with Crippen molar-refractivity contribution < 1.29 is 9.59 Å². The molecule has 0 fully saturated rings. The van der Waals surface area contributed by atoms with Crippen LogP contribution in [0.4, 0.5) is 5.69 Å². The molecule has 1 amide bonds. The topological polar surface area (TPSA) is 46.2 Å². The van der Waals surface area contributed by atoms with E-state index < -0.39 is 0 Å². The molecule has 3 rings (SSSR count). The smallest absolute Gasteiger partial charge is 0.255 e. The predicted molar refractivity (Wildman–Crippen MR) is 113 cm³/mol. The van der Waals surface area contributed by atoms with Crippen LogP contribution < -0.4 is 5.32 Å². The van der Waals surface area contributed by atoms with Crippen molar-refractivity contribution in [1.29, 1.82) is 0 Å². The molecule has 3 nitrogen and oxygen atoms in total. The molecule has 0 atom stereocenters. The summed E-state index contributed by atoms with van der Waals surface area (Å²) in [6.07, 6.45) is 3.25. The maximum Gasteiger partial charge on any atom is 0.255 e. The van der Waals surface area contributed by atoms with E-state index in [0.29, 0.717) is 21.8 Å². The van der Waals surface area contributed by atoms with Crippen LogP contribution in [0.2, 0.25) is 5.02 Å². The Hall–Kier alpha value is -2.69. The third-order valence-electron chi connectivity index (χ3n) is 3.83. The van der Waals surface area contributed by atoms with Gasteiger partial charge in [-0.2, -0.15) is 0 Å². The van der Waals surface area contributed by atoms with Gasteiger partial charge in [-0.05, 0) is 72.3 Å². The van der Waals surface area contributed by atoms with E-state index in [4.69, 9.17) is 11.6 Å². The zero-order valence-electron chi connectivity index (χ0n) is 14.2. The second-order valence-corrected chi connectivity index (χ2v) is 7.14. The van der Waals surface area contributed by atoms with Crippen molar-refractivity contribution in [2.24, 2.45) is 0 Å². The molecule has 5 heteroatoms. The molecule has 134 valence electrons. The van der Waals surface area contributed by atoms with Gasteiger partial charge in [0.2, 0.25) is 0 Å². The highest BCUT2D eigenvalue weighted by Gasteiger charge is 2.07. The van der Waals surface area contributed by atoms with Gasteiger partial charge in [-0.1, -0.05) is 45.7 Å². The zero-order valence-corrected chi connectivity index (χ0v) is 16.5. The van der Waals surface area contributed by atoms with Gasteiger partial charge in [0.1, 0.15) is 0 Å². The Morgan fingerprint density at radius 3 is 2.04 bits per heavy atom. The number of carbonyl (C=O) groups is 2. The van der Waals surface area contributed by atoms with Gasteiger partial charge in [0.25, 0.3) is 5.91 Å². The first-order valence-electron chi connectivity index (χ1n) is 8.16. The quantitative estimate of drug-likeness (QED) is 0.376. The Morgan fingerprint density at radius 1 is 0.815 bits per heavy atom. The lowest BCUT2D eigenvalue weighted by Crippen LogP contribution is -2.11. The van der Waals surface area contributed by atoms with Crippen molar-refractivity contribution in [3.8, 4) is 0 Å². The number of ketones is 1. The fourth-order valence-corrected chi connectivity index (χ4v) is 2.75. The number of benzene rings is 3. The van der Waals surface area contributed by atoms with Crippen LogP contribution in [0.1, 0.15) is 26.3 Å². The van der Waals surface area contributed by atoms with E-state index in [1.807, 2.05) is 24.3 Å². The number of nitrogens with one attached hydrogen (secondary N) is 1. The molecule has 1 N–H and O–H groups in total. The van der Waals surface area contributed by atoms with Crippen molar-refractivity contribution in [2.45, 2.75) is 0 Å². The number of anilines is 1. The molecule has 3 aromatic carbocycles. The summed E-state index contributed by atoms with van der Waals surface area (Å²) in [4.78, 5) is 24.5. The molecule has 0 heterocycles. The molecule has 0 aliphatic rings. The minimum Gasteiger partial charge on any atom is -0.322 e. The van der Waals surface area contributed by atoms with Gasteiger partial charge < -0.3 is 5.32 Å². The third kappa shape index (κ3) is 5.39. The molecule has 0 saturated heterocycles. The molecule has 0 spiro atoms. The van der Waals surface area contributed by atoms with Gasteiger partial charge in [-0.3, -0.25) is 9.59 Å². The van der Waals surface area contributed by atoms with E-state index in [1.54, 1.807) is 54.6 Å². The van der Waals surface area contributed by atoms with Crippen LogP contribution in [-0.2, 0) is 0 Å². The first-order valence-corrected chi connectivity index (χ1v) is 9.33. The lowest BCUT2D eigenvalue weighted by atomic mass is 10.1. The van der Waals surface area contributed by atoms with Gasteiger partial charge in [-0.15, -0.1) is 0 Å². The summed E-state index contributed by atoms with van der Waals surface area (Å²) in [7, 11) is 0. The second kappa shape index (κ2) is 8.80. The van der Waals surface area contributed by atoms with Crippen LogP contribution in [0.5, 0.6) is 0 Å². The highest BCUT2D eigenvalue weighted by Crippen LogP contribution is 2.15. The first kappa shape index (κ1) is 19.1. The molecular formula is C22H15BrClNO2. The molecule has 3 aromatic rings. The minimum absolute atomic E-state index is 0.115. The van der Waals surface area contributed by atoms with Crippen LogP contribution in [0, 0.1) is 0 Å². The van der Waals surface area contributed by atoms with E-state index in [0.717, 1.165) is 10.0 Å². The number of hydrogen-bond acceptors (Lipinski definition) is 2. The fraction of sp³-hybridized carbons (Fsp3) is 0. The lowest BCUT2D eigenvalue weighted by Gasteiger charge is -2.06. The van der Waals surface area contributed by atoms with Crippen LogP contribution in [0.25, 0.3) is 6.08 Å². The van der Waals surface area contributed by atoms with Crippen molar-refractivity contribution >= 4 is 51.0 Å². The average molecular weight is 441 g/mol. The Labute approximate surface area is 170 Å². The Bertz CT molecular complexity index is 978. The molecule has 0 aliphatic carbocycles. The number of halogens is 2. The molecule has 0 aliphatic heterocycles. The summed E-state index contributed by atoms with van der Waals surface area (Å²) in [5.41, 5.74) is 2.62. The summed E-state index contributed by atoms with van der Waals surface area (Å²) in [6, 6.07) is 21.1. The number of carbonyl (C=O) groups excluding carboxylic acids is 2.